The van der Waals surface area contributed by atoms with Crippen LogP contribution in [-0.2, 0) is 21.6 Å². The molecule has 1 aliphatic carbocycles. The normalized spacial score (nSPS) is 19.4. The van der Waals surface area contributed by atoms with Gasteiger partial charge in [-0.3, -0.25) is 4.79 Å². The monoisotopic (exact) mass is 456 g/mol. The zero-order valence-corrected chi connectivity index (χ0v) is 18.4. The van der Waals surface area contributed by atoms with E-state index in [-0.39, 0.29) is 24.9 Å². The van der Waals surface area contributed by atoms with Crippen LogP contribution in [0.15, 0.2) is 48.8 Å². The minimum atomic E-state index is -0.687. The maximum absolute atomic E-state index is 14.0. The van der Waals surface area contributed by atoms with E-state index in [0.717, 1.165) is 0 Å². The fourth-order valence-corrected chi connectivity index (χ4v) is 3.86. The number of aromatic nitrogens is 3. The molecule has 1 N–H and O–H groups in total. The summed E-state index contributed by atoms with van der Waals surface area (Å²) in [7, 11) is 1.57. The van der Waals surface area contributed by atoms with Crippen LogP contribution < -0.4 is 10.1 Å². The van der Waals surface area contributed by atoms with E-state index in [1.807, 2.05) is 6.07 Å². The van der Waals surface area contributed by atoms with Crippen LogP contribution in [0.1, 0.15) is 23.5 Å². The molecule has 0 saturated heterocycles. The van der Waals surface area contributed by atoms with E-state index < -0.39 is 11.3 Å². The molecule has 9 heteroatoms. The highest BCUT2D eigenvalue weighted by Gasteiger charge is 2.60. The molecule has 0 unspecified atom stereocenters. The van der Waals surface area contributed by atoms with E-state index >= 15 is 0 Å². The van der Waals surface area contributed by atoms with Crippen LogP contribution in [0.25, 0.3) is 0 Å². The van der Waals surface area contributed by atoms with Gasteiger partial charge >= 0.3 is 0 Å². The number of halogens is 2. The quantitative estimate of drug-likeness (QED) is 0.549. The zero-order chi connectivity index (χ0) is 22.7. The van der Waals surface area contributed by atoms with Gasteiger partial charge in [-0.05, 0) is 43.2 Å². The molecule has 2 atom stereocenters. The summed E-state index contributed by atoms with van der Waals surface area (Å²) in [6, 6.07) is 9.53. The Kier molecular flexibility index (Phi) is 6.34. The molecule has 7 nitrogen and oxygen atoms in total. The van der Waals surface area contributed by atoms with Gasteiger partial charge < -0.3 is 14.8 Å². The summed E-state index contributed by atoms with van der Waals surface area (Å²) in [5, 5.41) is 3.28. The highest BCUT2D eigenvalue weighted by molar-refractivity contribution is 6.30. The number of hydrogen-bond acceptors (Lipinski definition) is 6. The molecule has 0 bridgehead atoms. The minimum absolute atomic E-state index is 0.158. The van der Waals surface area contributed by atoms with E-state index in [2.05, 4.69) is 20.3 Å². The lowest BCUT2D eigenvalue weighted by Crippen LogP contribution is -2.27. The zero-order valence-electron chi connectivity index (χ0n) is 17.6. The van der Waals surface area contributed by atoms with Crippen LogP contribution in [0.2, 0.25) is 5.02 Å². The molecule has 32 heavy (non-hydrogen) atoms. The molecule has 2 aromatic heterocycles. The summed E-state index contributed by atoms with van der Waals surface area (Å²) in [4.78, 5) is 25.7. The van der Waals surface area contributed by atoms with Gasteiger partial charge in [0.2, 0.25) is 5.91 Å². The second kappa shape index (κ2) is 9.18. The third-order valence-corrected chi connectivity index (χ3v) is 5.71. The molecular formula is C23H22ClFN4O3. The van der Waals surface area contributed by atoms with Crippen molar-refractivity contribution in [2.24, 2.45) is 5.92 Å². The summed E-state index contributed by atoms with van der Waals surface area (Å²) >= 11 is 5.86. The number of aryl methyl sites for hydroxylation is 1. The van der Waals surface area contributed by atoms with Crippen LogP contribution in [0.5, 0.6) is 5.75 Å². The first kappa shape index (κ1) is 22.1. The van der Waals surface area contributed by atoms with Crippen LogP contribution in [0.3, 0.4) is 0 Å². The van der Waals surface area contributed by atoms with Crippen LogP contribution in [0.4, 0.5) is 10.2 Å². The Hall–Kier alpha value is -3.10. The molecular weight excluding hydrogens is 435 g/mol. The molecule has 166 valence electrons. The first-order valence-electron chi connectivity index (χ1n) is 10.0. The number of hydrogen-bond donors (Lipinski definition) is 1. The number of pyridine rings is 1. The number of rotatable bonds is 8. The molecule has 2 heterocycles. The van der Waals surface area contributed by atoms with Crippen LogP contribution in [0, 0.1) is 18.7 Å². The number of benzene rings is 1. The molecule has 3 aromatic rings. The Morgan fingerprint density at radius 2 is 2.12 bits per heavy atom. The number of carbonyl (C=O) groups excluding carboxylic acids is 1. The Morgan fingerprint density at radius 3 is 2.84 bits per heavy atom. The van der Waals surface area contributed by atoms with Crippen LogP contribution in [-0.4, -0.2) is 34.6 Å². The average Bonchev–Trinajstić information content (AvgIpc) is 3.51. The molecule has 1 aromatic carbocycles. The maximum atomic E-state index is 14.0. The molecule has 0 aliphatic heterocycles. The van der Waals surface area contributed by atoms with E-state index in [0.29, 0.717) is 40.1 Å². The van der Waals surface area contributed by atoms with Crippen molar-refractivity contribution < 1.29 is 18.7 Å². The lowest BCUT2D eigenvalue weighted by Gasteiger charge is -2.20. The molecule has 4 rings (SSSR count). The van der Waals surface area contributed by atoms with Crippen LogP contribution >= 0.6 is 11.6 Å². The summed E-state index contributed by atoms with van der Waals surface area (Å²) in [6.07, 6.45) is 3.55. The van der Waals surface area contributed by atoms with Gasteiger partial charge in [0, 0.05) is 18.7 Å². The summed E-state index contributed by atoms with van der Waals surface area (Å²) in [5.74, 6) is 0.465. The fourth-order valence-electron chi connectivity index (χ4n) is 3.75. The Morgan fingerprint density at radius 1 is 1.28 bits per heavy atom. The largest absolute Gasteiger partial charge is 0.489 e. The molecule has 1 saturated carbocycles. The average molecular weight is 457 g/mol. The third kappa shape index (κ3) is 4.71. The number of anilines is 1. The number of ether oxygens (including phenoxy) is 2. The van der Waals surface area contributed by atoms with E-state index in [1.165, 1.54) is 18.3 Å². The number of nitrogens with one attached hydrogen (secondary N) is 1. The second-order valence-corrected chi connectivity index (χ2v) is 8.16. The van der Waals surface area contributed by atoms with Gasteiger partial charge in [-0.25, -0.2) is 19.3 Å². The predicted octanol–water partition coefficient (Wildman–Crippen LogP) is 4.09. The van der Waals surface area contributed by atoms with Gasteiger partial charge in [0.1, 0.15) is 23.2 Å². The van der Waals surface area contributed by atoms with E-state index in [4.69, 9.17) is 21.1 Å². The third-order valence-electron chi connectivity index (χ3n) is 5.49. The first-order chi connectivity index (χ1) is 15.4. The number of nitrogens with zero attached hydrogens (tertiary/aromatic N) is 3. The number of amides is 1. The number of methoxy groups -OCH3 is 1. The molecule has 1 aliphatic rings. The summed E-state index contributed by atoms with van der Waals surface area (Å²) in [6.45, 7) is 2.20. The highest BCUT2D eigenvalue weighted by Crippen LogP contribution is 2.55. The van der Waals surface area contributed by atoms with E-state index in [1.54, 1.807) is 38.4 Å². The Balaban J connectivity index is 1.57. The van der Waals surface area contributed by atoms with Crippen molar-refractivity contribution in [3.05, 3.63) is 76.7 Å². The van der Waals surface area contributed by atoms with Crippen molar-refractivity contribution in [1.29, 1.82) is 0 Å². The fraction of sp³-hybridized carbons (Fsp3) is 0.304. The smallest absolute Gasteiger partial charge is 0.229 e. The summed E-state index contributed by atoms with van der Waals surface area (Å²) < 4.78 is 25.3. The second-order valence-electron chi connectivity index (χ2n) is 7.72. The summed E-state index contributed by atoms with van der Waals surface area (Å²) in [5.41, 5.74) is 0.623. The van der Waals surface area contributed by atoms with Crippen molar-refractivity contribution in [2.45, 2.75) is 25.4 Å². The molecule has 1 fully saturated rings. The molecule has 1 amide bonds. The van der Waals surface area contributed by atoms with Gasteiger partial charge in [0.15, 0.2) is 5.75 Å². The lowest BCUT2D eigenvalue weighted by molar-refractivity contribution is -0.117. The van der Waals surface area contributed by atoms with Crippen molar-refractivity contribution in [1.82, 2.24) is 15.0 Å². The highest BCUT2D eigenvalue weighted by atomic mass is 35.5. The van der Waals surface area contributed by atoms with Crippen molar-refractivity contribution >= 4 is 23.3 Å². The van der Waals surface area contributed by atoms with E-state index in [9.17, 15) is 9.18 Å². The van der Waals surface area contributed by atoms with Gasteiger partial charge in [-0.1, -0.05) is 23.7 Å². The van der Waals surface area contributed by atoms with Gasteiger partial charge in [-0.2, -0.15) is 0 Å². The van der Waals surface area contributed by atoms with Crippen molar-refractivity contribution in [3.63, 3.8) is 0 Å². The van der Waals surface area contributed by atoms with Crippen molar-refractivity contribution in [2.75, 3.05) is 19.0 Å². The molecule has 0 radical (unpaired) electrons. The van der Waals surface area contributed by atoms with Gasteiger partial charge in [0.25, 0.3) is 0 Å². The topological polar surface area (TPSA) is 86.2 Å². The standard InChI is InChI=1S/C23H22ClFN4O3/c1-14-26-11-20(19(28-14)12-31-2)32-13-23(15-4-3-5-17(25)8-15)9-18(23)22(30)29-21-7-6-16(24)10-27-21/h3-8,10-11,18H,9,12-13H2,1-2H3,(H,27,29,30)/t18-,23+/m0/s1. The lowest BCUT2D eigenvalue weighted by atomic mass is 9.93. The van der Waals surface area contributed by atoms with Crippen molar-refractivity contribution in [3.8, 4) is 5.75 Å². The minimum Gasteiger partial charge on any atom is -0.489 e. The first-order valence-corrected chi connectivity index (χ1v) is 10.4. The molecule has 0 spiro atoms. The maximum Gasteiger partial charge on any atom is 0.229 e. The van der Waals surface area contributed by atoms with Gasteiger partial charge in [0.05, 0.1) is 30.4 Å². The predicted molar refractivity (Wildman–Crippen MR) is 117 cm³/mol. The van der Waals surface area contributed by atoms with Gasteiger partial charge in [-0.15, -0.1) is 0 Å². The Bertz CT molecular complexity index is 1130. The SMILES string of the molecule is COCc1nc(C)ncc1OC[C@@]1(c2cccc(F)c2)C[C@H]1C(=O)Nc1ccc(Cl)cn1. The number of carbonyl (C=O) groups is 1. The Labute approximate surface area is 190 Å².